The highest BCUT2D eigenvalue weighted by molar-refractivity contribution is 5.83. The molecule has 18 heavy (non-hydrogen) atoms. The van der Waals surface area contributed by atoms with Gasteiger partial charge in [0.05, 0.1) is 6.61 Å². The Labute approximate surface area is 102 Å². The summed E-state index contributed by atoms with van der Waals surface area (Å²) in [7, 11) is 0. The van der Waals surface area contributed by atoms with Crippen molar-refractivity contribution in [3.05, 3.63) is 30.1 Å². The summed E-state index contributed by atoms with van der Waals surface area (Å²) in [6.45, 7) is 0.0755. The second kappa shape index (κ2) is 6.37. The molecule has 0 saturated heterocycles. The Balaban J connectivity index is 2.20. The van der Waals surface area contributed by atoms with Crippen LogP contribution in [0.2, 0.25) is 0 Å². The van der Waals surface area contributed by atoms with Crippen molar-refractivity contribution in [3.8, 4) is 5.75 Å². The number of rotatable bonds is 6. The van der Waals surface area contributed by atoms with E-state index in [2.05, 4.69) is 0 Å². The number of carbonyl (C=O) groups excluding carboxylic acids is 1. The second-order valence-electron chi connectivity index (χ2n) is 3.66. The van der Waals surface area contributed by atoms with E-state index in [0.717, 1.165) is 0 Å². The molecule has 1 rings (SSSR count). The summed E-state index contributed by atoms with van der Waals surface area (Å²) in [4.78, 5) is 10.5. The van der Waals surface area contributed by atoms with Crippen LogP contribution in [-0.2, 0) is 4.79 Å². The van der Waals surface area contributed by atoms with Gasteiger partial charge in [-0.25, -0.2) is 4.39 Å². The van der Waals surface area contributed by atoms with Crippen LogP contribution in [0.25, 0.3) is 0 Å². The number of hydrogen-bond acceptors (Lipinski definition) is 2. The van der Waals surface area contributed by atoms with Crippen LogP contribution in [0.15, 0.2) is 24.3 Å². The molecule has 0 saturated carbocycles. The molecule has 0 atom stereocenters. The summed E-state index contributed by atoms with van der Waals surface area (Å²) in [6.07, 6.45) is -5.01. The average Bonchev–Trinajstić information content (AvgIpc) is 2.29. The van der Waals surface area contributed by atoms with Crippen molar-refractivity contribution in [2.75, 3.05) is 6.61 Å². The van der Waals surface area contributed by atoms with Gasteiger partial charge in [0.15, 0.2) is 11.6 Å². The number of benzene rings is 1. The van der Waals surface area contributed by atoms with Gasteiger partial charge < -0.3 is 4.74 Å². The number of unbranched alkanes of at least 4 members (excludes halogenated alkanes) is 1. The van der Waals surface area contributed by atoms with Crippen LogP contribution in [0.4, 0.5) is 17.6 Å². The standard InChI is InChI=1S/C12H12F4O2/c13-9-5-1-2-6-10(9)18-8-4-3-7-11(17)12(14,15)16/h1-2,5-6H,3-4,7-8H2. The molecule has 6 heteroatoms. The summed E-state index contributed by atoms with van der Waals surface area (Å²) in [6, 6.07) is 5.74. The summed E-state index contributed by atoms with van der Waals surface area (Å²) in [5.74, 6) is -2.21. The van der Waals surface area contributed by atoms with Crippen molar-refractivity contribution in [1.29, 1.82) is 0 Å². The molecule has 0 aromatic heterocycles. The fourth-order valence-corrected chi connectivity index (χ4v) is 1.27. The van der Waals surface area contributed by atoms with Crippen LogP contribution in [0.3, 0.4) is 0 Å². The van der Waals surface area contributed by atoms with E-state index < -0.39 is 24.2 Å². The highest BCUT2D eigenvalue weighted by Gasteiger charge is 2.37. The van der Waals surface area contributed by atoms with Crippen LogP contribution in [0.5, 0.6) is 5.75 Å². The molecule has 0 N–H and O–H groups in total. The molecule has 0 aliphatic carbocycles. The minimum absolute atomic E-state index is 0.0552. The summed E-state index contributed by atoms with van der Waals surface area (Å²) in [5.41, 5.74) is 0. The zero-order chi connectivity index (χ0) is 13.6. The first-order valence-electron chi connectivity index (χ1n) is 5.38. The van der Waals surface area contributed by atoms with Gasteiger partial charge in [0.25, 0.3) is 0 Å². The maximum absolute atomic E-state index is 13.1. The molecule has 0 aliphatic heterocycles. The van der Waals surface area contributed by atoms with Gasteiger partial charge in [-0.05, 0) is 25.0 Å². The third-order valence-corrected chi connectivity index (χ3v) is 2.21. The van der Waals surface area contributed by atoms with Gasteiger partial charge in [0.1, 0.15) is 0 Å². The van der Waals surface area contributed by atoms with Crippen molar-refractivity contribution < 1.29 is 27.1 Å². The zero-order valence-electron chi connectivity index (χ0n) is 9.47. The van der Waals surface area contributed by atoms with Gasteiger partial charge in [-0.2, -0.15) is 13.2 Å². The Hall–Kier alpha value is -1.59. The molecule has 0 aliphatic rings. The fraction of sp³-hybridized carbons (Fsp3) is 0.417. The Morgan fingerprint density at radius 3 is 2.44 bits per heavy atom. The average molecular weight is 264 g/mol. The van der Waals surface area contributed by atoms with E-state index in [1.54, 1.807) is 6.07 Å². The number of Topliss-reactive ketones (excluding diaryl/α,β-unsaturated/α-hetero) is 1. The first kappa shape index (κ1) is 14.5. The maximum atomic E-state index is 13.1. The van der Waals surface area contributed by atoms with Crippen molar-refractivity contribution in [3.63, 3.8) is 0 Å². The lowest BCUT2D eigenvalue weighted by molar-refractivity contribution is -0.171. The summed E-state index contributed by atoms with van der Waals surface area (Å²) in [5, 5.41) is 0. The van der Waals surface area contributed by atoms with Gasteiger partial charge in [0.2, 0.25) is 5.78 Å². The zero-order valence-corrected chi connectivity index (χ0v) is 9.47. The second-order valence-corrected chi connectivity index (χ2v) is 3.66. The Morgan fingerprint density at radius 2 is 1.83 bits per heavy atom. The molecule has 0 spiro atoms. The molecule has 0 bridgehead atoms. The highest BCUT2D eigenvalue weighted by Crippen LogP contribution is 2.19. The SMILES string of the molecule is O=C(CCCCOc1ccccc1F)C(F)(F)F. The number of para-hydroxylation sites is 1. The molecule has 0 fully saturated rings. The monoisotopic (exact) mass is 264 g/mol. The predicted octanol–water partition coefficient (Wildman–Crippen LogP) is 3.51. The van der Waals surface area contributed by atoms with Crippen molar-refractivity contribution >= 4 is 5.78 Å². The predicted molar refractivity (Wildman–Crippen MR) is 56.8 cm³/mol. The smallest absolute Gasteiger partial charge is 0.449 e. The number of hydrogen-bond donors (Lipinski definition) is 0. The van der Waals surface area contributed by atoms with E-state index in [1.807, 2.05) is 0 Å². The van der Waals surface area contributed by atoms with Crippen molar-refractivity contribution in [2.45, 2.75) is 25.4 Å². The van der Waals surface area contributed by atoms with Gasteiger partial charge in [0, 0.05) is 6.42 Å². The van der Waals surface area contributed by atoms with Crippen LogP contribution in [0.1, 0.15) is 19.3 Å². The Bertz CT molecular complexity index is 401. The van der Waals surface area contributed by atoms with Crippen LogP contribution in [-0.4, -0.2) is 18.6 Å². The van der Waals surface area contributed by atoms with Gasteiger partial charge >= 0.3 is 6.18 Å². The third kappa shape index (κ3) is 4.73. The molecular weight excluding hydrogens is 252 g/mol. The van der Waals surface area contributed by atoms with Crippen LogP contribution < -0.4 is 4.74 Å². The van der Waals surface area contributed by atoms with E-state index in [1.165, 1.54) is 18.2 Å². The number of ketones is 1. The molecule has 0 amide bonds. The van der Waals surface area contributed by atoms with E-state index in [4.69, 9.17) is 4.74 Å². The Kier molecular flexibility index (Phi) is 5.12. The van der Waals surface area contributed by atoms with E-state index in [0.29, 0.717) is 0 Å². The molecule has 0 unspecified atom stereocenters. The molecule has 1 aromatic rings. The summed E-state index contributed by atoms with van der Waals surface area (Å²) >= 11 is 0. The van der Waals surface area contributed by atoms with Crippen molar-refractivity contribution in [1.82, 2.24) is 0 Å². The third-order valence-electron chi connectivity index (χ3n) is 2.21. The topological polar surface area (TPSA) is 26.3 Å². The molecule has 0 radical (unpaired) electrons. The molecular formula is C12H12F4O2. The van der Waals surface area contributed by atoms with Gasteiger partial charge in [-0.1, -0.05) is 12.1 Å². The number of alkyl halides is 3. The van der Waals surface area contributed by atoms with E-state index >= 15 is 0 Å². The summed E-state index contributed by atoms with van der Waals surface area (Å²) < 4.78 is 53.6. The lowest BCUT2D eigenvalue weighted by Crippen LogP contribution is -2.22. The molecule has 0 heterocycles. The molecule has 1 aromatic carbocycles. The van der Waals surface area contributed by atoms with Crippen molar-refractivity contribution in [2.24, 2.45) is 0 Å². The van der Waals surface area contributed by atoms with Crippen LogP contribution >= 0.6 is 0 Å². The number of carbonyl (C=O) groups is 1. The molecule has 100 valence electrons. The Morgan fingerprint density at radius 1 is 1.17 bits per heavy atom. The fourth-order valence-electron chi connectivity index (χ4n) is 1.27. The lowest BCUT2D eigenvalue weighted by atomic mass is 10.2. The van der Waals surface area contributed by atoms with E-state index in [9.17, 15) is 22.4 Å². The van der Waals surface area contributed by atoms with Gasteiger partial charge in [-0.3, -0.25) is 4.79 Å². The van der Waals surface area contributed by atoms with Gasteiger partial charge in [-0.15, -0.1) is 0 Å². The maximum Gasteiger partial charge on any atom is 0.449 e. The van der Waals surface area contributed by atoms with E-state index in [-0.39, 0.29) is 25.2 Å². The number of halogens is 4. The largest absolute Gasteiger partial charge is 0.491 e. The highest BCUT2D eigenvalue weighted by atomic mass is 19.4. The quantitative estimate of drug-likeness (QED) is 0.580. The minimum atomic E-state index is -4.77. The normalized spacial score (nSPS) is 11.3. The molecule has 2 nitrogen and oxygen atoms in total. The first-order chi connectivity index (χ1) is 8.41. The lowest BCUT2D eigenvalue weighted by Gasteiger charge is -2.07. The number of ether oxygens (including phenoxy) is 1. The van der Waals surface area contributed by atoms with Crippen LogP contribution in [0, 0.1) is 5.82 Å². The minimum Gasteiger partial charge on any atom is -0.491 e. The first-order valence-corrected chi connectivity index (χ1v) is 5.38.